The van der Waals surface area contributed by atoms with E-state index < -0.39 is 0 Å². The minimum absolute atomic E-state index is 0.132. The minimum Gasteiger partial charge on any atom is -0.375 e. The summed E-state index contributed by atoms with van der Waals surface area (Å²) in [4.78, 5) is 0. The third-order valence-electron chi connectivity index (χ3n) is 2.71. The molecule has 0 saturated carbocycles. The molecule has 0 fully saturated rings. The molecule has 0 heterocycles. The molecule has 0 spiro atoms. The van der Waals surface area contributed by atoms with Crippen LogP contribution in [0.2, 0.25) is 0 Å². The molecule has 96 valence electrons. The highest BCUT2D eigenvalue weighted by atomic mass is 16.5. The molecule has 1 aromatic carbocycles. The van der Waals surface area contributed by atoms with Crippen LogP contribution in [0, 0.1) is 0 Å². The lowest BCUT2D eigenvalue weighted by Gasteiger charge is -2.28. The van der Waals surface area contributed by atoms with Gasteiger partial charge in [0, 0.05) is 18.6 Å². The van der Waals surface area contributed by atoms with Crippen LogP contribution in [0.1, 0.15) is 39.7 Å². The number of ether oxygens (including phenoxy) is 1. The van der Waals surface area contributed by atoms with E-state index >= 15 is 0 Å². The van der Waals surface area contributed by atoms with Crippen LogP contribution in [0.15, 0.2) is 30.3 Å². The van der Waals surface area contributed by atoms with Crippen molar-refractivity contribution in [3.8, 4) is 0 Å². The Balaban J connectivity index is 2.41. The first-order valence-corrected chi connectivity index (χ1v) is 6.25. The van der Waals surface area contributed by atoms with Crippen molar-refractivity contribution in [3.63, 3.8) is 0 Å². The van der Waals surface area contributed by atoms with Crippen LogP contribution in [0.3, 0.4) is 0 Å². The summed E-state index contributed by atoms with van der Waals surface area (Å²) in [6.45, 7) is 9.03. The molecule has 1 aromatic rings. The lowest BCUT2D eigenvalue weighted by Crippen LogP contribution is -2.36. The first kappa shape index (κ1) is 14.2. The van der Waals surface area contributed by atoms with Crippen molar-refractivity contribution in [2.45, 2.75) is 51.7 Å². The molecule has 2 nitrogen and oxygen atoms in total. The second-order valence-corrected chi connectivity index (χ2v) is 6.01. The summed E-state index contributed by atoms with van der Waals surface area (Å²) in [7, 11) is 0. The molecule has 0 unspecified atom stereocenters. The van der Waals surface area contributed by atoms with Crippen molar-refractivity contribution in [3.05, 3.63) is 35.9 Å². The van der Waals surface area contributed by atoms with Crippen LogP contribution in [-0.2, 0) is 11.2 Å². The van der Waals surface area contributed by atoms with Gasteiger partial charge in [0.15, 0.2) is 0 Å². The van der Waals surface area contributed by atoms with Gasteiger partial charge >= 0.3 is 0 Å². The highest BCUT2D eigenvalue weighted by Crippen LogP contribution is 2.18. The molecular weight excluding hydrogens is 210 g/mol. The molecule has 0 saturated heterocycles. The lowest BCUT2D eigenvalue weighted by molar-refractivity contribution is -0.0229. The third-order valence-corrected chi connectivity index (χ3v) is 2.71. The van der Waals surface area contributed by atoms with Crippen LogP contribution >= 0.6 is 0 Å². The number of hydrogen-bond acceptors (Lipinski definition) is 2. The Hall–Kier alpha value is -0.860. The first-order chi connectivity index (χ1) is 7.79. The lowest BCUT2D eigenvalue weighted by atomic mass is 9.98. The zero-order chi connectivity index (χ0) is 12.9. The van der Waals surface area contributed by atoms with Crippen molar-refractivity contribution in [1.82, 2.24) is 0 Å². The van der Waals surface area contributed by atoms with Crippen molar-refractivity contribution >= 4 is 0 Å². The molecule has 0 aromatic heterocycles. The summed E-state index contributed by atoms with van der Waals surface area (Å²) in [6, 6.07) is 10.4. The first-order valence-electron chi connectivity index (χ1n) is 6.25. The van der Waals surface area contributed by atoms with Gasteiger partial charge in [0.2, 0.25) is 0 Å². The Morgan fingerprint density at radius 3 is 2.18 bits per heavy atom. The van der Waals surface area contributed by atoms with Crippen molar-refractivity contribution in [2.75, 3.05) is 6.61 Å². The maximum atomic E-state index is 5.94. The molecule has 0 atom stereocenters. The van der Waals surface area contributed by atoms with Crippen molar-refractivity contribution in [1.29, 1.82) is 0 Å². The van der Waals surface area contributed by atoms with Gasteiger partial charge in [-0.1, -0.05) is 30.3 Å². The monoisotopic (exact) mass is 235 g/mol. The van der Waals surface area contributed by atoms with E-state index in [0.717, 1.165) is 12.8 Å². The largest absolute Gasteiger partial charge is 0.375 e. The van der Waals surface area contributed by atoms with Gasteiger partial charge in [-0.15, -0.1) is 0 Å². The van der Waals surface area contributed by atoms with E-state index in [1.54, 1.807) is 0 Å². The summed E-state index contributed by atoms with van der Waals surface area (Å²) >= 11 is 0. The highest BCUT2D eigenvalue weighted by Gasteiger charge is 2.20. The second kappa shape index (κ2) is 5.65. The fourth-order valence-corrected chi connectivity index (χ4v) is 1.73. The van der Waals surface area contributed by atoms with E-state index in [1.807, 2.05) is 19.9 Å². The average Bonchev–Trinajstić information content (AvgIpc) is 2.15. The van der Waals surface area contributed by atoms with E-state index in [9.17, 15) is 0 Å². The number of nitrogens with two attached hydrogens (primary N) is 1. The molecule has 1 rings (SSSR count). The van der Waals surface area contributed by atoms with Gasteiger partial charge in [-0.25, -0.2) is 0 Å². The topological polar surface area (TPSA) is 35.2 Å². The second-order valence-electron chi connectivity index (χ2n) is 6.01. The number of benzene rings is 1. The van der Waals surface area contributed by atoms with Gasteiger partial charge in [-0.2, -0.15) is 0 Å². The van der Waals surface area contributed by atoms with Crippen LogP contribution in [-0.4, -0.2) is 17.7 Å². The van der Waals surface area contributed by atoms with Crippen LogP contribution in [0.25, 0.3) is 0 Å². The number of hydrogen-bond donors (Lipinski definition) is 1. The Labute approximate surface area is 105 Å². The maximum absolute atomic E-state index is 5.94. The highest BCUT2D eigenvalue weighted by molar-refractivity contribution is 5.16. The molecule has 0 aliphatic carbocycles. The van der Waals surface area contributed by atoms with E-state index in [0.29, 0.717) is 6.61 Å². The molecule has 0 amide bonds. The smallest absolute Gasteiger partial charge is 0.0666 e. The Kier molecular flexibility index (Phi) is 4.72. The molecule has 0 aliphatic heterocycles. The summed E-state index contributed by atoms with van der Waals surface area (Å²) in [5, 5.41) is 0. The van der Waals surface area contributed by atoms with Gasteiger partial charge in [0.1, 0.15) is 0 Å². The average molecular weight is 235 g/mol. The quantitative estimate of drug-likeness (QED) is 0.822. The fourth-order valence-electron chi connectivity index (χ4n) is 1.73. The molecule has 0 bridgehead atoms. The van der Waals surface area contributed by atoms with Gasteiger partial charge < -0.3 is 10.5 Å². The fraction of sp³-hybridized carbons (Fsp3) is 0.600. The predicted molar refractivity (Wildman–Crippen MR) is 73.1 cm³/mol. The Morgan fingerprint density at radius 1 is 1.06 bits per heavy atom. The summed E-state index contributed by atoms with van der Waals surface area (Å²) in [6.07, 6.45) is 1.81. The zero-order valence-electron chi connectivity index (χ0n) is 11.5. The Bertz CT molecular complexity index is 325. The van der Waals surface area contributed by atoms with E-state index in [1.165, 1.54) is 5.56 Å². The molecular formula is C15H25NO. The SMILES string of the molecule is CC(C)(N)CCOC(C)(C)Cc1ccccc1. The predicted octanol–water partition coefficient (Wildman–Crippen LogP) is 3.15. The van der Waals surface area contributed by atoms with Crippen LogP contribution in [0.4, 0.5) is 0 Å². The third kappa shape index (κ3) is 6.44. The van der Waals surface area contributed by atoms with E-state index in [-0.39, 0.29) is 11.1 Å². The Morgan fingerprint density at radius 2 is 1.65 bits per heavy atom. The normalized spacial score (nSPS) is 12.8. The molecule has 17 heavy (non-hydrogen) atoms. The number of rotatable bonds is 6. The van der Waals surface area contributed by atoms with E-state index in [4.69, 9.17) is 10.5 Å². The molecule has 2 N–H and O–H groups in total. The zero-order valence-corrected chi connectivity index (χ0v) is 11.5. The van der Waals surface area contributed by atoms with E-state index in [2.05, 4.69) is 38.1 Å². The van der Waals surface area contributed by atoms with Gasteiger partial charge in [-0.3, -0.25) is 0 Å². The van der Waals surface area contributed by atoms with Crippen molar-refractivity contribution in [2.24, 2.45) is 5.73 Å². The maximum Gasteiger partial charge on any atom is 0.0666 e. The summed E-state index contributed by atoms with van der Waals surface area (Å²) in [5.74, 6) is 0. The summed E-state index contributed by atoms with van der Waals surface area (Å²) in [5.41, 5.74) is 6.96. The molecule has 0 radical (unpaired) electrons. The minimum atomic E-state index is -0.150. The standard InChI is InChI=1S/C15H25NO/c1-14(2,16)10-11-17-15(3,4)12-13-8-6-5-7-9-13/h5-9H,10-12,16H2,1-4H3. The van der Waals surface area contributed by atoms with Gasteiger partial charge in [0.05, 0.1) is 5.60 Å². The molecule has 2 heteroatoms. The van der Waals surface area contributed by atoms with Crippen LogP contribution in [0.5, 0.6) is 0 Å². The molecule has 0 aliphatic rings. The van der Waals surface area contributed by atoms with Gasteiger partial charge in [0.25, 0.3) is 0 Å². The van der Waals surface area contributed by atoms with Gasteiger partial charge in [-0.05, 0) is 39.7 Å². The van der Waals surface area contributed by atoms with Crippen LogP contribution < -0.4 is 5.73 Å². The van der Waals surface area contributed by atoms with Crippen molar-refractivity contribution < 1.29 is 4.74 Å². The summed E-state index contributed by atoms with van der Waals surface area (Å²) < 4.78 is 5.93.